The first-order valence-electron chi connectivity index (χ1n) is 10.6. The van der Waals surface area contributed by atoms with Gasteiger partial charge in [0.05, 0.1) is 10.6 Å². The monoisotopic (exact) mass is 442 g/mol. The van der Waals surface area contributed by atoms with Gasteiger partial charge in [-0.05, 0) is 76.8 Å². The van der Waals surface area contributed by atoms with Crippen molar-refractivity contribution in [2.24, 2.45) is 5.92 Å². The predicted molar refractivity (Wildman–Crippen MR) is 124 cm³/mol. The Morgan fingerprint density at radius 3 is 2.32 bits per heavy atom. The second kappa shape index (κ2) is 9.01. The summed E-state index contributed by atoms with van der Waals surface area (Å²) < 4.78 is 5.89. The molecule has 1 aliphatic heterocycles. The van der Waals surface area contributed by atoms with Crippen LogP contribution in [-0.4, -0.2) is 29.8 Å². The van der Waals surface area contributed by atoms with Crippen LogP contribution in [-0.2, 0) is 0 Å². The molecule has 2 aromatic rings. The molecular weight excluding hydrogens is 412 g/mol. The van der Waals surface area contributed by atoms with Crippen molar-refractivity contribution in [1.82, 2.24) is 10.6 Å². The van der Waals surface area contributed by atoms with E-state index in [2.05, 4.69) is 38.3 Å². The Labute approximate surface area is 189 Å². The van der Waals surface area contributed by atoms with Gasteiger partial charge in [0.15, 0.2) is 5.78 Å². The van der Waals surface area contributed by atoms with Crippen molar-refractivity contribution in [2.75, 3.05) is 7.05 Å². The highest BCUT2D eigenvalue weighted by Gasteiger charge is 2.38. The quantitative estimate of drug-likeness (QED) is 0.569. The Kier molecular flexibility index (Phi) is 6.77. The van der Waals surface area contributed by atoms with Crippen LogP contribution in [0.1, 0.15) is 67.7 Å². The second-order valence-corrected chi connectivity index (χ2v) is 10.0. The molecule has 1 amide bonds. The van der Waals surface area contributed by atoms with Gasteiger partial charge in [0.1, 0.15) is 11.5 Å². The van der Waals surface area contributed by atoms with E-state index < -0.39 is 0 Å². The number of benzene rings is 2. The Bertz CT molecular complexity index is 968. The van der Waals surface area contributed by atoms with Crippen LogP contribution >= 0.6 is 11.6 Å². The predicted octanol–water partition coefficient (Wildman–Crippen LogP) is 5.62. The third-order valence-corrected chi connectivity index (χ3v) is 5.88. The van der Waals surface area contributed by atoms with E-state index in [1.165, 1.54) is 0 Å². The summed E-state index contributed by atoms with van der Waals surface area (Å²) in [5.74, 6) is 0.956. The molecular formula is C25H31ClN2O3. The van der Waals surface area contributed by atoms with Gasteiger partial charge in [-0.2, -0.15) is 0 Å². The molecule has 0 aromatic heterocycles. The molecule has 5 nitrogen and oxygen atoms in total. The van der Waals surface area contributed by atoms with Gasteiger partial charge in [-0.3, -0.25) is 9.59 Å². The molecule has 3 rings (SSSR count). The lowest BCUT2D eigenvalue weighted by Crippen LogP contribution is -2.57. The molecule has 0 radical (unpaired) electrons. The number of nitrogens with one attached hydrogen (secondary N) is 2. The highest BCUT2D eigenvalue weighted by atomic mass is 35.5. The molecule has 2 N–H and O–H groups in total. The normalized spacial score (nSPS) is 17.7. The maximum absolute atomic E-state index is 13.0. The lowest BCUT2D eigenvalue weighted by Gasteiger charge is -2.46. The number of ether oxygens (including phenoxy) is 1. The molecule has 0 saturated carbocycles. The SMILES string of the molecule is CNC(=O)c1ccccc1Oc1ccc(C(=O)CC2CC(C)(C)NC(C)(C)C2)cc1Cl. The van der Waals surface area contributed by atoms with E-state index in [1.54, 1.807) is 49.5 Å². The van der Waals surface area contributed by atoms with Crippen molar-refractivity contribution >= 4 is 23.3 Å². The highest BCUT2D eigenvalue weighted by Crippen LogP contribution is 2.36. The Morgan fingerprint density at radius 1 is 1.06 bits per heavy atom. The number of hydrogen-bond donors (Lipinski definition) is 2. The van der Waals surface area contributed by atoms with Gasteiger partial charge in [0, 0.05) is 30.1 Å². The summed E-state index contributed by atoms with van der Waals surface area (Å²) in [7, 11) is 1.57. The number of amides is 1. The molecule has 1 aliphatic rings. The molecule has 0 aliphatic carbocycles. The fourth-order valence-electron chi connectivity index (χ4n) is 4.81. The standard InChI is InChI=1S/C25H31ClN2O3/c1-24(2)14-16(15-25(3,4)28-24)12-20(29)17-10-11-22(19(26)13-17)31-21-9-7-6-8-18(21)23(30)27-5/h6-11,13,16,28H,12,14-15H2,1-5H3,(H,27,30). The Morgan fingerprint density at radius 2 is 1.71 bits per heavy atom. The molecule has 6 heteroatoms. The van der Waals surface area contributed by atoms with E-state index in [4.69, 9.17) is 16.3 Å². The smallest absolute Gasteiger partial charge is 0.254 e. The van der Waals surface area contributed by atoms with Gasteiger partial charge in [0.2, 0.25) is 0 Å². The molecule has 0 bridgehead atoms. The summed E-state index contributed by atoms with van der Waals surface area (Å²) in [6.45, 7) is 8.74. The molecule has 1 fully saturated rings. The molecule has 2 aromatic carbocycles. The summed E-state index contributed by atoms with van der Waals surface area (Å²) >= 11 is 6.43. The van der Waals surface area contributed by atoms with Gasteiger partial charge >= 0.3 is 0 Å². The Balaban J connectivity index is 1.74. The summed E-state index contributed by atoms with van der Waals surface area (Å²) in [4.78, 5) is 25.0. The second-order valence-electron chi connectivity index (χ2n) is 9.62. The molecule has 0 unspecified atom stereocenters. The highest BCUT2D eigenvalue weighted by molar-refractivity contribution is 6.32. The van der Waals surface area contributed by atoms with Crippen LogP contribution < -0.4 is 15.4 Å². The number of carbonyl (C=O) groups excluding carboxylic acids is 2. The molecule has 31 heavy (non-hydrogen) atoms. The van der Waals surface area contributed by atoms with Crippen LogP contribution in [0.2, 0.25) is 5.02 Å². The third kappa shape index (κ3) is 5.86. The fourth-order valence-corrected chi connectivity index (χ4v) is 5.03. The van der Waals surface area contributed by atoms with Gasteiger partial charge in [-0.1, -0.05) is 23.7 Å². The number of carbonyl (C=O) groups is 2. The van der Waals surface area contributed by atoms with Crippen LogP contribution in [0.5, 0.6) is 11.5 Å². The number of rotatable bonds is 6. The fraction of sp³-hybridized carbons (Fsp3) is 0.440. The lowest BCUT2D eigenvalue weighted by atomic mass is 9.74. The van der Waals surface area contributed by atoms with E-state index in [9.17, 15) is 9.59 Å². The summed E-state index contributed by atoms with van der Waals surface area (Å²) in [5.41, 5.74) is 0.990. The molecule has 0 atom stereocenters. The van der Waals surface area contributed by atoms with Crippen molar-refractivity contribution < 1.29 is 14.3 Å². The number of para-hydroxylation sites is 1. The first-order valence-corrected chi connectivity index (χ1v) is 11.0. The van der Waals surface area contributed by atoms with Gasteiger partial charge in [0.25, 0.3) is 5.91 Å². The lowest BCUT2D eigenvalue weighted by molar-refractivity contribution is 0.0863. The average molecular weight is 443 g/mol. The van der Waals surface area contributed by atoms with E-state index >= 15 is 0 Å². The molecule has 1 heterocycles. The van der Waals surface area contributed by atoms with E-state index in [0.29, 0.717) is 40.0 Å². The average Bonchev–Trinajstić information content (AvgIpc) is 2.66. The largest absolute Gasteiger partial charge is 0.455 e. The third-order valence-electron chi connectivity index (χ3n) is 5.58. The van der Waals surface area contributed by atoms with E-state index in [-0.39, 0.29) is 22.8 Å². The van der Waals surface area contributed by atoms with Crippen molar-refractivity contribution in [3.8, 4) is 11.5 Å². The van der Waals surface area contributed by atoms with Crippen LogP contribution in [0.4, 0.5) is 0 Å². The zero-order chi connectivity index (χ0) is 22.8. The van der Waals surface area contributed by atoms with Crippen molar-refractivity contribution in [2.45, 2.75) is 58.0 Å². The topological polar surface area (TPSA) is 67.4 Å². The van der Waals surface area contributed by atoms with Gasteiger partial charge in [-0.25, -0.2) is 0 Å². The number of Topliss-reactive ketones (excluding diaryl/α,β-unsaturated/α-hetero) is 1. The molecule has 0 spiro atoms. The summed E-state index contributed by atoms with van der Waals surface area (Å²) in [5, 5.41) is 6.59. The number of ketones is 1. The zero-order valence-electron chi connectivity index (χ0n) is 18.8. The molecule has 1 saturated heterocycles. The minimum Gasteiger partial charge on any atom is -0.455 e. The number of halogens is 1. The summed E-state index contributed by atoms with van der Waals surface area (Å²) in [6, 6.07) is 12.0. The minimum absolute atomic E-state index is 0.000209. The van der Waals surface area contributed by atoms with Crippen LogP contribution in [0.25, 0.3) is 0 Å². The van der Waals surface area contributed by atoms with Crippen LogP contribution in [0, 0.1) is 5.92 Å². The maximum Gasteiger partial charge on any atom is 0.254 e. The van der Waals surface area contributed by atoms with Gasteiger partial charge in [-0.15, -0.1) is 0 Å². The maximum atomic E-state index is 13.0. The first-order chi connectivity index (χ1) is 14.5. The van der Waals surface area contributed by atoms with E-state index in [0.717, 1.165) is 12.8 Å². The Hall–Kier alpha value is -2.37. The van der Waals surface area contributed by atoms with Crippen molar-refractivity contribution in [3.63, 3.8) is 0 Å². The first kappa shape index (κ1) is 23.3. The van der Waals surface area contributed by atoms with E-state index in [1.807, 2.05) is 0 Å². The minimum atomic E-state index is -0.244. The number of hydrogen-bond acceptors (Lipinski definition) is 4. The van der Waals surface area contributed by atoms with Crippen LogP contribution in [0.15, 0.2) is 42.5 Å². The summed E-state index contributed by atoms with van der Waals surface area (Å²) in [6.07, 6.45) is 2.39. The number of piperidine rings is 1. The zero-order valence-corrected chi connectivity index (χ0v) is 19.6. The van der Waals surface area contributed by atoms with Crippen molar-refractivity contribution in [3.05, 3.63) is 58.6 Å². The molecule has 166 valence electrons. The van der Waals surface area contributed by atoms with Crippen molar-refractivity contribution in [1.29, 1.82) is 0 Å². The van der Waals surface area contributed by atoms with Gasteiger partial charge < -0.3 is 15.4 Å². The van der Waals surface area contributed by atoms with Crippen LogP contribution in [0.3, 0.4) is 0 Å².